The maximum Gasteiger partial charge on any atom is 0.307 e. The lowest BCUT2D eigenvalue weighted by molar-refractivity contribution is 0.0925. The Morgan fingerprint density at radius 3 is 2.57 bits per heavy atom. The minimum atomic E-state index is -0.324. The number of halogens is 1. The van der Waals surface area contributed by atoms with E-state index in [1.165, 1.54) is 5.56 Å². The summed E-state index contributed by atoms with van der Waals surface area (Å²) in [4.78, 5) is 14.3. The van der Waals surface area contributed by atoms with Crippen LogP contribution in [0.25, 0.3) is 0 Å². The summed E-state index contributed by atoms with van der Waals surface area (Å²) in [7, 11) is 0. The summed E-state index contributed by atoms with van der Waals surface area (Å²) in [5.41, 5.74) is 4.91. The number of nitrogens with zero attached hydrogens (tertiary/aromatic N) is 2. The lowest BCUT2D eigenvalue weighted by Crippen LogP contribution is -2.34. The molecule has 23 heavy (non-hydrogen) atoms. The molecule has 0 bridgehead atoms. The van der Waals surface area contributed by atoms with Gasteiger partial charge in [-0.2, -0.15) is 5.10 Å². The van der Waals surface area contributed by atoms with Gasteiger partial charge in [-0.1, -0.05) is 30.3 Å². The molecule has 1 amide bonds. The van der Waals surface area contributed by atoms with Gasteiger partial charge in [-0.25, -0.2) is 5.43 Å². The van der Waals surface area contributed by atoms with E-state index < -0.39 is 0 Å². The molecule has 2 aromatic rings. The van der Waals surface area contributed by atoms with Gasteiger partial charge in [0.25, 0.3) is 0 Å². The van der Waals surface area contributed by atoms with Crippen molar-refractivity contribution in [1.82, 2.24) is 10.3 Å². The normalized spacial score (nSPS) is 15.4. The Hall–Kier alpha value is -1.92. The van der Waals surface area contributed by atoms with Crippen molar-refractivity contribution in [2.45, 2.75) is 19.4 Å². The van der Waals surface area contributed by atoms with E-state index >= 15 is 0 Å². The van der Waals surface area contributed by atoms with Crippen LogP contribution < -0.4 is 5.43 Å². The van der Waals surface area contributed by atoms with E-state index in [-0.39, 0.29) is 11.7 Å². The third-order valence-electron chi connectivity index (χ3n) is 3.79. The molecule has 0 atom stereocenters. The quantitative estimate of drug-likeness (QED) is 0.832. The van der Waals surface area contributed by atoms with Crippen LogP contribution in [0.4, 0.5) is 0 Å². The topological polar surface area (TPSA) is 57.8 Å². The van der Waals surface area contributed by atoms with Crippen molar-refractivity contribution in [2.24, 2.45) is 5.10 Å². The van der Waals surface area contributed by atoms with Crippen molar-refractivity contribution >= 4 is 27.5 Å². The summed E-state index contributed by atoms with van der Waals surface area (Å²) >= 11 is 3.17. The first kappa shape index (κ1) is 16.0. The second-order valence-corrected chi connectivity index (χ2v) is 6.27. The Kier molecular flexibility index (Phi) is 5.25. The van der Waals surface area contributed by atoms with E-state index in [1.54, 1.807) is 12.1 Å². The van der Waals surface area contributed by atoms with E-state index in [0.29, 0.717) is 4.67 Å². The summed E-state index contributed by atoms with van der Waals surface area (Å²) < 4.78 is 5.73. The Bertz CT molecular complexity index is 687. The lowest BCUT2D eigenvalue weighted by atomic mass is 10.1. The monoisotopic (exact) mass is 375 g/mol. The molecule has 1 saturated heterocycles. The van der Waals surface area contributed by atoms with Gasteiger partial charge in [-0.15, -0.1) is 0 Å². The first-order chi connectivity index (χ1) is 11.2. The second kappa shape index (κ2) is 7.57. The van der Waals surface area contributed by atoms with E-state index in [1.807, 2.05) is 6.07 Å². The van der Waals surface area contributed by atoms with Crippen molar-refractivity contribution in [2.75, 3.05) is 13.1 Å². The standard InChI is InChI=1S/C17H18BrN3O2/c18-16-7-6-15(23-16)17(22)20-19-14-8-10-21(11-9-14)12-13-4-2-1-3-5-13/h1-7H,8-12H2,(H,20,22). The van der Waals surface area contributed by atoms with Crippen molar-refractivity contribution < 1.29 is 9.21 Å². The number of likely N-dealkylation sites (tertiary alicyclic amines) is 1. The minimum Gasteiger partial charge on any atom is -0.444 e. The number of rotatable bonds is 4. The number of hydrogen-bond acceptors (Lipinski definition) is 4. The number of benzene rings is 1. The predicted octanol–water partition coefficient (Wildman–Crippen LogP) is 3.42. The van der Waals surface area contributed by atoms with Crippen LogP contribution in [-0.2, 0) is 6.54 Å². The van der Waals surface area contributed by atoms with Gasteiger partial charge < -0.3 is 4.42 Å². The molecule has 1 N–H and O–H groups in total. The summed E-state index contributed by atoms with van der Waals surface area (Å²) in [5.74, 6) is -0.0716. The maximum atomic E-state index is 11.9. The van der Waals surface area contributed by atoms with Gasteiger partial charge in [-0.05, 0) is 33.6 Å². The summed E-state index contributed by atoms with van der Waals surface area (Å²) in [6.07, 6.45) is 1.74. The molecule has 5 nitrogen and oxygen atoms in total. The molecule has 0 saturated carbocycles. The zero-order valence-corrected chi connectivity index (χ0v) is 14.3. The number of hydrazone groups is 1. The van der Waals surface area contributed by atoms with Crippen LogP contribution in [0.2, 0.25) is 0 Å². The number of furan rings is 1. The summed E-state index contributed by atoms with van der Waals surface area (Å²) in [6.45, 7) is 2.87. The summed E-state index contributed by atoms with van der Waals surface area (Å²) in [5, 5.41) is 4.23. The largest absolute Gasteiger partial charge is 0.444 e. The highest BCUT2D eigenvalue weighted by Crippen LogP contribution is 2.14. The molecule has 1 aromatic heterocycles. The van der Waals surface area contributed by atoms with Crippen LogP contribution in [0.15, 0.2) is 56.7 Å². The van der Waals surface area contributed by atoms with Crippen LogP contribution in [0.1, 0.15) is 29.0 Å². The van der Waals surface area contributed by atoms with Crippen LogP contribution >= 0.6 is 15.9 Å². The highest BCUT2D eigenvalue weighted by molar-refractivity contribution is 9.10. The maximum absolute atomic E-state index is 11.9. The Morgan fingerprint density at radius 1 is 1.17 bits per heavy atom. The Labute approximate surface area is 143 Å². The van der Waals surface area contributed by atoms with Gasteiger partial charge in [0.05, 0.1) is 0 Å². The van der Waals surface area contributed by atoms with Gasteiger partial charge in [0.1, 0.15) is 0 Å². The Balaban J connectivity index is 1.47. The van der Waals surface area contributed by atoms with Crippen LogP contribution in [0, 0.1) is 0 Å². The van der Waals surface area contributed by atoms with Gasteiger partial charge >= 0.3 is 5.91 Å². The van der Waals surface area contributed by atoms with Crippen molar-refractivity contribution in [1.29, 1.82) is 0 Å². The molecule has 3 rings (SSSR count). The number of hydrogen-bond donors (Lipinski definition) is 1. The van der Waals surface area contributed by atoms with Crippen LogP contribution in [-0.4, -0.2) is 29.6 Å². The number of amides is 1. The van der Waals surface area contributed by atoms with E-state index in [2.05, 4.69) is 55.6 Å². The molecule has 0 radical (unpaired) electrons. The fourth-order valence-electron chi connectivity index (χ4n) is 2.54. The molecule has 6 heteroatoms. The minimum absolute atomic E-state index is 0.253. The van der Waals surface area contributed by atoms with E-state index in [9.17, 15) is 4.79 Å². The molecule has 120 valence electrons. The second-order valence-electron chi connectivity index (χ2n) is 5.48. The van der Waals surface area contributed by atoms with Crippen molar-refractivity contribution in [3.05, 3.63) is 58.5 Å². The highest BCUT2D eigenvalue weighted by Gasteiger charge is 2.16. The fraction of sp³-hybridized carbons (Fsp3) is 0.294. The van der Waals surface area contributed by atoms with Gasteiger partial charge in [0.15, 0.2) is 10.4 Å². The fourth-order valence-corrected chi connectivity index (χ4v) is 2.85. The average molecular weight is 376 g/mol. The zero-order valence-electron chi connectivity index (χ0n) is 12.7. The predicted molar refractivity (Wildman–Crippen MR) is 92.3 cm³/mol. The van der Waals surface area contributed by atoms with Crippen molar-refractivity contribution in [3.8, 4) is 0 Å². The molecule has 1 aliphatic heterocycles. The van der Waals surface area contributed by atoms with Gasteiger partial charge in [0, 0.05) is 38.2 Å². The molecule has 0 aliphatic carbocycles. The van der Waals surface area contributed by atoms with Gasteiger partial charge in [-0.3, -0.25) is 9.69 Å². The van der Waals surface area contributed by atoms with E-state index in [0.717, 1.165) is 38.2 Å². The van der Waals surface area contributed by atoms with E-state index in [4.69, 9.17) is 4.42 Å². The van der Waals surface area contributed by atoms with Crippen molar-refractivity contribution in [3.63, 3.8) is 0 Å². The Morgan fingerprint density at radius 2 is 1.91 bits per heavy atom. The lowest BCUT2D eigenvalue weighted by Gasteiger charge is -2.27. The number of nitrogens with one attached hydrogen (secondary N) is 1. The SMILES string of the molecule is O=C(NN=C1CCN(Cc2ccccc2)CC1)c1ccc(Br)o1. The van der Waals surface area contributed by atoms with Gasteiger partial charge in [0.2, 0.25) is 0 Å². The van der Waals surface area contributed by atoms with Crippen LogP contribution in [0.5, 0.6) is 0 Å². The molecular weight excluding hydrogens is 358 g/mol. The molecule has 0 spiro atoms. The number of carbonyl (C=O) groups excluding carboxylic acids is 1. The molecule has 1 aromatic carbocycles. The average Bonchev–Trinajstić information content (AvgIpc) is 3.01. The highest BCUT2D eigenvalue weighted by atomic mass is 79.9. The van der Waals surface area contributed by atoms with Crippen LogP contribution in [0.3, 0.4) is 0 Å². The molecule has 1 aliphatic rings. The first-order valence-electron chi connectivity index (χ1n) is 7.58. The summed E-state index contributed by atoms with van der Waals surface area (Å²) in [6, 6.07) is 13.7. The third kappa shape index (κ3) is 4.53. The molecule has 0 unspecified atom stereocenters. The third-order valence-corrected chi connectivity index (χ3v) is 4.22. The molecular formula is C17H18BrN3O2. The molecule has 2 heterocycles. The number of piperidine rings is 1. The molecule has 1 fully saturated rings. The smallest absolute Gasteiger partial charge is 0.307 e. The zero-order chi connectivity index (χ0) is 16.1. The first-order valence-corrected chi connectivity index (χ1v) is 8.37. The number of carbonyl (C=O) groups is 1.